The fourth-order valence-electron chi connectivity index (χ4n) is 2.82. The minimum atomic E-state index is -3.59. The number of sulfonamides is 1. The second-order valence-corrected chi connectivity index (χ2v) is 9.79. The summed E-state index contributed by atoms with van der Waals surface area (Å²) in [6.45, 7) is 4.15. The van der Waals surface area contributed by atoms with Crippen LogP contribution in [0.15, 0.2) is 70.3 Å². The largest absolute Gasteiger partial charge is 0.322 e. The number of benzene rings is 2. The van der Waals surface area contributed by atoms with Crippen molar-refractivity contribution in [2.45, 2.75) is 24.0 Å². The van der Waals surface area contributed by atoms with Gasteiger partial charge in [0.2, 0.25) is 0 Å². The molecule has 2 aromatic carbocycles. The number of nitrogens with one attached hydrogen (secondary N) is 1. The summed E-state index contributed by atoms with van der Waals surface area (Å²) >= 11 is 1.17. The summed E-state index contributed by atoms with van der Waals surface area (Å²) in [7, 11) is -2.09. The molecule has 1 heterocycles. The maximum Gasteiger partial charge on any atom is 0.273 e. The zero-order chi connectivity index (χ0) is 20.3. The maximum absolute atomic E-state index is 12.6. The molecule has 0 bridgehead atoms. The van der Waals surface area contributed by atoms with Crippen LogP contribution >= 0.6 is 11.3 Å². The molecule has 5 nitrogen and oxygen atoms in total. The number of anilines is 2. The van der Waals surface area contributed by atoms with Crippen molar-refractivity contribution in [1.82, 2.24) is 0 Å². The van der Waals surface area contributed by atoms with E-state index in [-0.39, 0.29) is 16.0 Å². The van der Waals surface area contributed by atoms with Crippen molar-refractivity contribution < 1.29 is 13.2 Å². The summed E-state index contributed by atoms with van der Waals surface area (Å²) in [4.78, 5) is 12.6. The summed E-state index contributed by atoms with van der Waals surface area (Å²) in [5, 5.41) is 4.67. The summed E-state index contributed by atoms with van der Waals surface area (Å²) < 4.78 is 26.7. The molecule has 1 N–H and O–H groups in total. The third-order valence-electron chi connectivity index (χ3n) is 4.43. The van der Waals surface area contributed by atoms with E-state index >= 15 is 0 Å². The Hall–Kier alpha value is -2.64. The molecule has 28 heavy (non-hydrogen) atoms. The lowest BCUT2D eigenvalue weighted by molar-refractivity contribution is 0.102. The molecule has 3 aromatic rings. The topological polar surface area (TPSA) is 66.5 Å². The van der Waals surface area contributed by atoms with Crippen LogP contribution in [0.3, 0.4) is 0 Å². The van der Waals surface area contributed by atoms with Crippen LogP contribution in [-0.4, -0.2) is 21.4 Å². The lowest BCUT2D eigenvalue weighted by atomic mass is 10.0. The number of carbonyl (C=O) groups excluding carboxylic acids is 1. The van der Waals surface area contributed by atoms with Gasteiger partial charge < -0.3 is 5.32 Å². The average Bonchev–Trinajstić information content (AvgIpc) is 3.23. The van der Waals surface area contributed by atoms with Gasteiger partial charge in [0, 0.05) is 18.3 Å². The van der Waals surface area contributed by atoms with Crippen molar-refractivity contribution in [2.75, 3.05) is 16.7 Å². The summed E-state index contributed by atoms with van der Waals surface area (Å²) in [6.07, 6.45) is 0. The molecule has 0 aliphatic carbocycles. The van der Waals surface area contributed by atoms with Crippen molar-refractivity contribution in [3.8, 4) is 0 Å². The van der Waals surface area contributed by atoms with Crippen molar-refractivity contribution in [2.24, 2.45) is 0 Å². The quantitative estimate of drug-likeness (QED) is 0.621. The zero-order valence-corrected chi connectivity index (χ0v) is 17.5. The van der Waals surface area contributed by atoms with Gasteiger partial charge in [-0.2, -0.15) is 0 Å². The van der Waals surface area contributed by atoms with Gasteiger partial charge in [-0.25, -0.2) is 8.42 Å². The second kappa shape index (κ2) is 8.16. The minimum Gasteiger partial charge on any atom is -0.322 e. The first-order chi connectivity index (χ1) is 13.3. The van der Waals surface area contributed by atoms with E-state index in [1.165, 1.54) is 22.7 Å². The number of para-hydroxylation sites is 1. The van der Waals surface area contributed by atoms with Gasteiger partial charge in [-0.15, -0.1) is 11.3 Å². The van der Waals surface area contributed by atoms with Gasteiger partial charge in [0.1, 0.15) is 4.21 Å². The van der Waals surface area contributed by atoms with Crippen molar-refractivity contribution >= 4 is 38.6 Å². The maximum atomic E-state index is 12.6. The van der Waals surface area contributed by atoms with Gasteiger partial charge in [-0.1, -0.05) is 38.1 Å². The van der Waals surface area contributed by atoms with E-state index < -0.39 is 10.0 Å². The summed E-state index contributed by atoms with van der Waals surface area (Å²) in [5.74, 6) is 0.0541. The van der Waals surface area contributed by atoms with Gasteiger partial charge in [-0.05, 0) is 53.3 Å². The molecule has 1 aromatic heterocycles. The van der Waals surface area contributed by atoms with Crippen LogP contribution in [0.25, 0.3) is 0 Å². The standard InChI is InChI=1S/C21H22N2O3S2/c1-15(2)18-7-4-5-8-19(18)22-21(24)16-10-12-17(13-11-16)23(3)28(25,26)20-9-6-14-27-20/h4-15H,1-3H3,(H,22,24). The first kappa shape index (κ1) is 20.1. The Bertz CT molecular complexity index is 1060. The molecule has 0 saturated heterocycles. The van der Waals surface area contributed by atoms with E-state index in [2.05, 4.69) is 19.2 Å². The number of hydrogen-bond donors (Lipinski definition) is 1. The van der Waals surface area contributed by atoms with Gasteiger partial charge in [0.05, 0.1) is 5.69 Å². The fourth-order valence-corrected chi connectivity index (χ4v) is 5.17. The molecule has 3 rings (SSSR count). The molecule has 0 atom stereocenters. The predicted octanol–water partition coefficient (Wildman–Crippen LogP) is 4.95. The van der Waals surface area contributed by atoms with Gasteiger partial charge in [0.25, 0.3) is 15.9 Å². The van der Waals surface area contributed by atoms with Crippen LogP contribution in [0, 0.1) is 0 Å². The van der Waals surface area contributed by atoms with Crippen LogP contribution in [0.4, 0.5) is 11.4 Å². The van der Waals surface area contributed by atoms with Crippen LogP contribution in [0.1, 0.15) is 35.7 Å². The van der Waals surface area contributed by atoms with Crippen molar-refractivity contribution in [3.63, 3.8) is 0 Å². The summed E-state index contributed by atoms with van der Waals surface area (Å²) in [5.41, 5.74) is 2.80. The van der Waals surface area contributed by atoms with Gasteiger partial charge >= 0.3 is 0 Å². The number of hydrogen-bond acceptors (Lipinski definition) is 4. The lowest BCUT2D eigenvalue weighted by Gasteiger charge is -2.19. The molecule has 0 fully saturated rings. The predicted molar refractivity (Wildman–Crippen MR) is 115 cm³/mol. The molecule has 146 valence electrons. The smallest absolute Gasteiger partial charge is 0.273 e. The third kappa shape index (κ3) is 4.10. The monoisotopic (exact) mass is 414 g/mol. The fraction of sp³-hybridized carbons (Fsp3) is 0.190. The molecule has 0 saturated carbocycles. The Kier molecular flexibility index (Phi) is 5.86. The summed E-state index contributed by atoms with van der Waals surface area (Å²) in [6, 6.07) is 17.5. The first-order valence-electron chi connectivity index (χ1n) is 8.83. The number of thiophene rings is 1. The molecule has 0 aliphatic rings. The molecule has 0 spiro atoms. The Morgan fingerprint density at radius 1 is 1.00 bits per heavy atom. The van der Waals surface area contributed by atoms with E-state index in [1.54, 1.807) is 41.8 Å². The van der Waals surface area contributed by atoms with Gasteiger partial charge in [0.15, 0.2) is 0 Å². The van der Waals surface area contributed by atoms with E-state index in [0.717, 1.165) is 11.3 Å². The number of carbonyl (C=O) groups is 1. The van der Waals surface area contributed by atoms with Crippen molar-refractivity contribution in [3.05, 3.63) is 77.2 Å². The zero-order valence-electron chi connectivity index (χ0n) is 15.9. The normalized spacial score (nSPS) is 11.4. The lowest BCUT2D eigenvalue weighted by Crippen LogP contribution is -2.25. The molecule has 0 radical (unpaired) electrons. The van der Waals surface area contributed by atoms with Crippen LogP contribution < -0.4 is 9.62 Å². The Morgan fingerprint density at radius 3 is 2.29 bits per heavy atom. The highest BCUT2D eigenvalue weighted by Crippen LogP contribution is 2.26. The Morgan fingerprint density at radius 2 is 1.68 bits per heavy atom. The minimum absolute atomic E-state index is 0.233. The van der Waals surface area contributed by atoms with E-state index in [0.29, 0.717) is 11.3 Å². The first-order valence-corrected chi connectivity index (χ1v) is 11.2. The second-order valence-electron chi connectivity index (χ2n) is 6.65. The van der Waals surface area contributed by atoms with E-state index in [9.17, 15) is 13.2 Å². The van der Waals surface area contributed by atoms with E-state index in [4.69, 9.17) is 0 Å². The van der Waals surface area contributed by atoms with Crippen LogP contribution in [0.2, 0.25) is 0 Å². The molecule has 0 aliphatic heterocycles. The van der Waals surface area contributed by atoms with E-state index in [1.807, 2.05) is 24.3 Å². The Balaban J connectivity index is 1.78. The molecule has 0 unspecified atom stereocenters. The van der Waals surface area contributed by atoms with Crippen LogP contribution in [-0.2, 0) is 10.0 Å². The number of rotatable bonds is 6. The van der Waals surface area contributed by atoms with Gasteiger partial charge in [-0.3, -0.25) is 9.10 Å². The highest BCUT2D eigenvalue weighted by Gasteiger charge is 2.22. The third-order valence-corrected chi connectivity index (χ3v) is 7.59. The highest BCUT2D eigenvalue weighted by molar-refractivity contribution is 7.94. The average molecular weight is 415 g/mol. The molecule has 1 amide bonds. The number of amides is 1. The Labute approximate surface area is 169 Å². The van der Waals surface area contributed by atoms with Crippen LogP contribution in [0.5, 0.6) is 0 Å². The molecular formula is C21H22N2O3S2. The SMILES string of the molecule is CC(C)c1ccccc1NC(=O)c1ccc(N(C)S(=O)(=O)c2cccs2)cc1. The van der Waals surface area contributed by atoms with Crippen molar-refractivity contribution in [1.29, 1.82) is 0 Å². The molecular weight excluding hydrogens is 392 g/mol. The molecule has 7 heteroatoms. The number of nitrogens with zero attached hydrogens (tertiary/aromatic N) is 1. The highest BCUT2D eigenvalue weighted by atomic mass is 32.2.